The maximum Gasteiger partial charge on any atom is 0.312 e. The molecule has 1 fully saturated rings. The third-order valence-electron chi connectivity index (χ3n) is 3.70. The highest BCUT2D eigenvalue weighted by molar-refractivity contribution is 5.77. The predicted molar refractivity (Wildman–Crippen MR) is 67.1 cm³/mol. The maximum absolute atomic E-state index is 11.2. The summed E-state index contributed by atoms with van der Waals surface area (Å²) < 4.78 is 0. The lowest BCUT2D eigenvalue weighted by atomic mass is 9.86. The third-order valence-corrected chi connectivity index (χ3v) is 3.70. The van der Waals surface area contributed by atoms with Crippen LogP contribution >= 0.6 is 0 Å². The molecule has 1 unspecified atom stereocenters. The molecule has 1 saturated carbocycles. The second-order valence-electron chi connectivity index (χ2n) is 4.74. The fraction of sp³-hybridized carbons (Fsp3) is 0.500. The number of hydrogen-bond donors (Lipinski definition) is 2. The minimum absolute atomic E-state index is 0.166. The van der Waals surface area contributed by atoms with E-state index in [9.17, 15) is 9.90 Å². The number of nitrogens with two attached hydrogens (primary N) is 1. The Kier molecular flexibility index (Phi) is 3.79. The summed E-state index contributed by atoms with van der Waals surface area (Å²) in [5.41, 5.74) is 7.70. The van der Waals surface area contributed by atoms with E-state index in [2.05, 4.69) is 6.07 Å². The van der Waals surface area contributed by atoms with E-state index in [-0.39, 0.29) is 6.54 Å². The van der Waals surface area contributed by atoms with Gasteiger partial charge in [0, 0.05) is 6.54 Å². The minimum atomic E-state index is -0.821. The fourth-order valence-corrected chi connectivity index (χ4v) is 2.80. The molecule has 3 N–H and O–H groups in total. The predicted octanol–water partition coefficient (Wildman–Crippen LogP) is 2.47. The Hall–Kier alpha value is -1.35. The molecule has 0 amide bonds. The van der Waals surface area contributed by atoms with Crippen molar-refractivity contribution in [1.82, 2.24) is 0 Å². The monoisotopic (exact) mass is 233 g/mol. The Labute approximate surface area is 102 Å². The van der Waals surface area contributed by atoms with Crippen molar-refractivity contribution in [3.8, 4) is 0 Å². The Morgan fingerprint density at radius 2 is 2.00 bits per heavy atom. The third kappa shape index (κ3) is 2.50. The van der Waals surface area contributed by atoms with Crippen LogP contribution in [0.25, 0.3) is 0 Å². The van der Waals surface area contributed by atoms with Crippen molar-refractivity contribution in [2.24, 2.45) is 5.73 Å². The molecule has 0 spiro atoms. The van der Waals surface area contributed by atoms with E-state index in [1.54, 1.807) is 0 Å². The molecular weight excluding hydrogens is 214 g/mol. The quantitative estimate of drug-likeness (QED) is 0.839. The highest BCUT2D eigenvalue weighted by atomic mass is 16.4. The molecule has 92 valence electrons. The first-order valence-corrected chi connectivity index (χ1v) is 6.25. The first-order chi connectivity index (χ1) is 8.24. The van der Waals surface area contributed by atoms with Crippen LogP contribution in [0.5, 0.6) is 0 Å². The smallest absolute Gasteiger partial charge is 0.312 e. The molecule has 3 heteroatoms. The number of carbonyl (C=O) groups is 1. The molecule has 0 heterocycles. The van der Waals surface area contributed by atoms with Crippen LogP contribution in [0.3, 0.4) is 0 Å². The van der Waals surface area contributed by atoms with E-state index < -0.39 is 11.9 Å². The summed E-state index contributed by atoms with van der Waals surface area (Å²) in [6.45, 7) is 0.166. The van der Waals surface area contributed by atoms with Crippen molar-refractivity contribution in [2.45, 2.75) is 37.5 Å². The number of rotatable bonds is 4. The minimum Gasteiger partial charge on any atom is -0.481 e. The Bertz CT molecular complexity index is 397. The van der Waals surface area contributed by atoms with Gasteiger partial charge >= 0.3 is 5.97 Å². The Morgan fingerprint density at radius 1 is 1.35 bits per heavy atom. The van der Waals surface area contributed by atoms with Crippen LogP contribution in [0.1, 0.15) is 48.6 Å². The van der Waals surface area contributed by atoms with Crippen LogP contribution in [0.15, 0.2) is 24.3 Å². The van der Waals surface area contributed by atoms with Crippen molar-refractivity contribution in [1.29, 1.82) is 0 Å². The van der Waals surface area contributed by atoms with Crippen molar-refractivity contribution in [2.75, 3.05) is 6.54 Å². The van der Waals surface area contributed by atoms with Gasteiger partial charge in [-0.2, -0.15) is 0 Å². The van der Waals surface area contributed by atoms with Crippen LogP contribution in [0, 0.1) is 0 Å². The first-order valence-electron chi connectivity index (χ1n) is 6.25. The van der Waals surface area contributed by atoms with Gasteiger partial charge in [-0.25, -0.2) is 0 Å². The van der Waals surface area contributed by atoms with Gasteiger partial charge in [0.1, 0.15) is 0 Å². The Morgan fingerprint density at radius 3 is 2.59 bits per heavy atom. The normalized spacial score (nSPS) is 18.2. The number of aliphatic carboxylic acids is 1. The summed E-state index contributed by atoms with van der Waals surface area (Å²) in [4.78, 5) is 11.2. The summed E-state index contributed by atoms with van der Waals surface area (Å²) >= 11 is 0. The van der Waals surface area contributed by atoms with Crippen molar-refractivity contribution in [3.63, 3.8) is 0 Å². The summed E-state index contributed by atoms with van der Waals surface area (Å²) in [5.74, 6) is -0.857. The lowest BCUT2D eigenvalue weighted by Gasteiger charge is -2.19. The van der Waals surface area contributed by atoms with Gasteiger partial charge in [0.05, 0.1) is 5.92 Å². The summed E-state index contributed by atoms with van der Waals surface area (Å²) in [5, 5.41) is 9.21. The molecule has 0 radical (unpaired) electrons. The summed E-state index contributed by atoms with van der Waals surface area (Å²) in [7, 11) is 0. The van der Waals surface area contributed by atoms with Crippen molar-refractivity contribution >= 4 is 5.97 Å². The number of carboxylic acid groups (broad SMARTS) is 1. The molecule has 1 aromatic rings. The van der Waals surface area contributed by atoms with Gasteiger partial charge < -0.3 is 10.8 Å². The summed E-state index contributed by atoms with van der Waals surface area (Å²) in [6, 6.07) is 7.88. The largest absolute Gasteiger partial charge is 0.481 e. The van der Waals surface area contributed by atoms with Crippen LogP contribution < -0.4 is 5.73 Å². The lowest BCUT2D eigenvalue weighted by Crippen LogP contribution is -2.22. The van der Waals surface area contributed by atoms with Crippen molar-refractivity contribution < 1.29 is 9.90 Å². The van der Waals surface area contributed by atoms with E-state index in [0.29, 0.717) is 5.92 Å². The lowest BCUT2D eigenvalue weighted by molar-refractivity contribution is -0.138. The molecular formula is C14H19NO2. The number of benzene rings is 1. The molecule has 1 atom stereocenters. The van der Waals surface area contributed by atoms with Crippen LogP contribution in [0.4, 0.5) is 0 Å². The zero-order valence-electron chi connectivity index (χ0n) is 9.93. The van der Waals surface area contributed by atoms with Gasteiger partial charge in [0.15, 0.2) is 0 Å². The van der Waals surface area contributed by atoms with E-state index in [4.69, 9.17) is 5.73 Å². The molecule has 1 aliphatic rings. The average molecular weight is 233 g/mol. The van der Waals surface area contributed by atoms with Gasteiger partial charge in [0.2, 0.25) is 0 Å². The molecule has 2 rings (SSSR count). The van der Waals surface area contributed by atoms with Crippen LogP contribution in [0.2, 0.25) is 0 Å². The van der Waals surface area contributed by atoms with Gasteiger partial charge in [-0.05, 0) is 29.9 Å². The van der Waals surface area contributed by atoms with Gasteiger partial charge in [-0.1, -0.05) is 37.1 Å². The fourth-order valence-electron chi connectivity index (χ4n) is 2.80. The standard InChI is InChI=1S/C14H19NO2/c15-9-13(14(16)17)12-8-4-3-7-11(12)10-5-1-2-6-10/h3-4,7-8,10,13H,1-2,5-6,9,15H2,(H,16,17). The molecule has 0 aliphatic heterocycles. The van der Waals surface area contributed by atoms with Crippen LogP contribution in [-0.4, -0.2) is 17.6 Å². The Balaban J connectivity index is 2.35. The molecule has 0 saturated heterocycles. The van der Waals surface area contributed by atoms with E-state index in [0.717, 1.165) is 5.56 Å². The molecule has 1 aromatic carbocycles. The highest BCUT2D eigenvalue weighted by Gasteiger charge is 2.25. The second kappa shape index (κ2) is 5.32. The molecule has 17 heavy (non-hydrogen) atoms. The summed E-state index contributed by atoms with van der Waals surface area (Å²) in [6.07, 6.45) is 4.85. The maximum atomic E-state index is 11.2. The van der Waals surface area contributed by atoms with Crippen LogP contribution in [-0.2, 0) is 4.79 Å². The topological polar surface area (TPSA) is 63.3 Å². The number of carboxylic acids is 1. The van der Waals surface area contributed by atoms with E-state index >= 15 is 0 Å². The molecule has 1 aliphatic carbocycles. The zero-order valence-corrected chi connectivity index (χ0v) is 9.93. The SMILES string of the molecule is NCC(C(=O)O)c1ccccc1C1CCCC1. The molecule has 3 nitrogen and oxygen atoms in total. The van der Waals surface area contributed by atoms with Gasteiger partial charge in [-0.15, -0.1) is 0 Å². The highest BCUT2D eigenvalue weighted by Crippen LogP contribution is 2.37. The first kappa shape index (κ1) is 12.1. The zero-order chi connectivity index (χ0) is 12.3. The van der Waals surface area contributed by atoms with Crippen molar-refractivity contribution in [3.05, 3.63) is 35.4 Å². The van der Waals surface area contributed by atoms with Gasteiger partial charge in [0.25, 0.3) is 0 Å². The van der Waals surface area contributed by atoms with E-state index in [1.807, 2.05) is 18.2 Å². The van der Waals surface area contributed by atoms with E-state index in [1.165, 1.54) is 31.2 Å². The van der Waals surface area contributed by atoms with Gasteiger partial charge in [-0.3, -0.25) is 4.79 Å². The second-order valence-corrected chi connectivity index (χ2v) is 4.74. The molecule has 0 bridgehead atoms. The average Bonchev–Trinajstić information content (AvgIpc) is 2.83. The number of hydrogen-bond acceptors (Lipinski definition) is 2. The molecule has 0 aromatic heterocycles.